The average molecular weight is 207 g/mol. The van der Waals surface area contributed by atoms with Crippen LogP contribution in [0.4, 0.5) is 5.69 Å². The molecule has 0 aromatic heterocycles. The molecule has 15 heavy (non-hydrogen) atoms. The third kappa shape index (κ3) is 1.10. The van der Waals surface area contributed by atoms with E-state index in [-0.39, 0.29) is 11.1 Å². The number of imide groups is 1. The molecule has 7 heteroatoms. The zero-order valence-corrected chi connectivity index (χ0v) is 7.34. The molecule has 0 atom stereocenters. The van der Waals surface area contributed by atoms with Gasteiger partial charge >= 0.3 is 0 Å². The number of amides is 2. The predicted molar refractivity (Wildman–Crippen MR) is 47.8 cm³/mol. The number of nitrogens with zero attached hydrogens (tertiary/aromatic N) is 2. The third-order valence-corrected chi connectivity index (χ3v) is 2.12. The molecule has 1 aromatic rings. The van der Waals surface area contributed by atoms with Crippen LogP contribution in [0.3, 0.4) is 0 Å². The van der Waals surface area contributed by atoms with Gasteiger partial charge in [0.15, 0.2) is 0 Å². The van der Waals surface area contributed by atoms with Gasteiger partial charge in [0, 0.05) is 6.07 Å². The smallest absolute Gasteiger partial charge is 0.267 e. The van der Waals surface area contributed by atoms with Gasteiger partial charge in [-0.3, -0.25) is 19.7 Å². The Morgan fingerprint density at radius 2 is 1.93 bits per heavy atom. The Bertz CT molecular complexity index is 497. The van der Waals surface area contributed by atoms with E-state index in [2.05, 4.69) is 0 Å². The predicted octanol–water partition coefficient (Wildman–Crippen LogP) is 0.0645. The lowest BCUT2D eigenvalue weighted by molar-refractivity contribution is -0.385. The lowest BCUT2D eigenvalue weighted by atomic mass is 10.1. The van der Waals surface area contributed by atoms with Crippen LogP contribution in [0, 0.1) is 10.1 Å². The number of nitrogens with two attached hydrogens (primary N) is 1. The van der Waals surface area contributed by atoms with Crippen LogP contribution >= 0.6 is 0 Å². The third-order valence-electron chi connectivity index (χ3n) is 2.12. The van der Waals surface area contributed by atoms with Crippen molar-refractivity contribution in [1.82, 2.24) is 5.01 Å². The lowest BCUT2D eigenvalue weighted by Crippen LogP contribution is -2.36. The number of carbonyl (C=O) groups is 2. The van der Waals surface area contributed by atoms with E-state index >= 15 is 0 Å². The fourth-order valence-corrected chi connectivity index (χ4v) is 1.44. The molecule has 2 amide bonds. The molecule has 0 saturated carbocycles. The van der Waals surface area contributed by atoms with Crippen molar-refractivity contribution >= 4 is 17.5 Å². The number of nitro benzene ring substituents is 1. The second-order valence-corrected chi connectivity index (χ2v) is 2.94. The van der Waals surface area contributed by atoms with Gasteiger partial charge in [-0.1, -0.05) is 6.07 Å². The molecule has 1 aliphatic rings. The number of hydrogen-bond donors (Lipinski definition) is 1. The second-order valence-electron chi connectivity index (χ2n) is 2.94. The summed E-state index contributed by atoms with van der Waals surface area (Å²) in [6, 6.07) is 3.82. The monoisotopic (exact) mass is 207 g/mol. The topological polar surface area (TPSA) is 107 Å². The zero-order chi connectivity index (χ0) is 11.2. The second kappa shape index (κ2) is 2.85. The first-order valence-electron chi connectivity index (χ1n) is 3.95. The highest BCUT2D eigenvalue weighted by atomic mass is 16.6. The van der Waals surface area contributed by atoms with Crippen LogP contribution in [0.15, 0.2) is 18.2 Å². The van der Waals surface area contributed by atoms with E-state index in [1.54, 1.807) is 0 Å². The Morgan fingerprint density at radius 3 is 2.53 bits per heavy atom. The summed E-state index contributed by atoms with van der Waals surface area (Å²) >= 11 is 0. The maximum absolute atomic E-state index is 11.4. The quantitative estimate of drug-likeness (QED) is 0.230. The minimum absolute atomic E-state index is 0.0308. The minimum Gasteiger partial charge on any atom is -0.267 e. The van der Waals surface area contributed by atoms with Crippen molar-refractivity contribution in [3.63, 3.8) is 0 Å². The number of fused-ring (bicyclic) bond motifs is 1. The summed E-state index contributed by atoms with van der Waals surface area (Å²) < 4.78 is 0. The Balaban J connectivity index is 2.74. The maximum Gasteiger partial charge on any atom is 0.283 e. The molecule has 76 valence electrons. The first-order chi connectivity index (χ1) is 7.04. The number of benzene rings is 1. The Morgan fingerprint density at radius 1 is 1.27 bits per heavy atom. The summed E-state index contributed by atoms with van der Waals surface area (Å²) in [5.41, 5.74) is -0.675. The maximum atomic E-state index is 11.4. The van der Waals surface area contributed by atoms with Crippen LogP contribution in [0.2, 0.25) is 0 Å². The molecule has 2 rings (SSSR count). The van der Waals surface area contributed by atoms with Gasteiger partial charge in [-0.05, 0) is 6.07 Å². The number of hydrazine groups is 1. The van der Waals surface area contributed by atoms with E-state index in [4.69, 9.17) is 5.84 Å². The molecule has 1 aliphatic heterocycles. The van der Waals surface area contributed by atoms with Gasteiger partial charge in [-0.25, -0.2) is 10.9 Å². The summed E-state index contributed by atoms with van der Waals surface area (Å²) in [6.45, 7) is 0. The molecule has 0 fully saturated rings. The molecular weight excluding hydrogens is 202 g/mol. The van der Waals surface area contributed by atoms with E-state index in [0.29, 0.717) is 5.01 Å². The van der Waals surface area contributed by atoms with Gasteiger partial charge in [-0.15, -0.1) is 0 Å². The molecule has 7 nitrogen and oxygen atoms in total. The van der Waals surface area contributed by atoms with Gasteiger partial charge in [0.05, 0.1) is 10.5 Å². The lowest BCUT2D eigenvalue weighted by Gasteiger charge is -2.02. The highest BCUT2D eigenvalue weighted by Gasteiger charge is 2.39. The number of nitro groups is 1. The molecule has 0 radical (unpaired) electrons. The van der Waals surface area contributed by atoms with Crippen LogP contribution < -0.4 is 5.84 Å². The zero-order valence-electron chi connectivity index (χ0n) is 7.34. The number of hydrogen-bond acceptors (Lipinski definition) is 5. The normalized spacial score (nSPS) is 14.3. The fraction of sp³-hybridized carbons (Fsp3) is 0. The Labute approximate surface area is 83.2 Å². The number of rotatable bonds is 1. The van der Waals surface area contributed by atoms with Crippen LogP contribution in [0.5, 0.6) is 0 Å². The first kappa shape index (κ1) is 9.28. The van der Waals surface area contributed by atoms with Crippen molar-refractivity contribution in [2.24, 2.45) is 5.84 Å². The minimum atomic E-state index is -0.845. The molecule has 1 heterocycles. The summed E-state index contributed by atoms with van der Waals surface area (Å²) in [7, 11) is 0. The SMILES string of the molecule is NN1C(=O)c2cccc([N+](=O)[O-])c2C1=O. The van der Waals surface area contributed by atoms with Crippen LogP contribution in [0.25, 0.3) is 0 Å². The Kier molecular flexibility index (Phi) is 1.77. The van der Waals surface area contributed by atoms with Crippen LogP contribution in [-0.4, -0.2) is 21.7 Å². The van der Waals surface area contributed by atoms with Crippen molar-refractivity contribution < 1.29 is 14.5 Å². The largest absolute Gasteiger partial charge is 0.283 e. The summed E-state index contributed by atoms with van der Waals surface area (Å²) in [5.74, 6) is 3.58. The molecule has 0 bridgehead atoms. The van der Waals surface area contributed by atoms with Gasteiger partial charge in [0.1, 0.15) is 5.56 Å². The van der Waals surface area contributed by atoms with Crippen molar-refractivity contribution in [1.29, 1.82) is 0 Å². The molecule has 2 N–H and O–H groups in total. The van der Waals surface area contributed by atoms with Gasteiger partial charge in [0.2, 0.25) is 0 Å². The molecule has 0 unspecified atom stereocenters. The van der Waals surface area contributed by atoms with Crippen molar-refractivity contribution in [2.75, 3.05) is 0 Å². The molecular formula is C8H5N3O4. The van der Waals surface area contributed by atoms with E-state index < -0.39 is 22.4 Å². The van der Waals surface area contributed by atoms with Gasteiger partial charge < -0.3 is 0 Å². The molecule has 0 spiro atoms. The van der Waals surface area contributed by atoms with Gasteiger partial charge in [-0.2, -0.15) is 0 Å². The number of carbonyl (C=O) groups excluding carboxylic acids is 2. The molecule has 0 aliphatic carbocycles. The summed E-state index contributed by atoms with van der Waals surface area (Å²) in [4.78, 5) is 32.6. The first-order valence-corrected chi connectivity index (χ1v) is 3.95. The standard InChI is InChI=1S/C8H5N3O4/c9-10-7(12)4-2-1-3-5(11(14)15)6(4)8(10)13/h1-3H,9H2. The highest BCUT2D eigenvalue weighted by molar-refractivity contribution is 6.22. The fourth-order valence-electron chi connectivity index (χ4n) is 1.44. The summed E-state index contributed by atoms with van der Waals surface area (Å²) in [6.07, 6.45) is 0. The molecule has 0 saturated heterocycles. The average Bonchev–Trinajstić information content (AvgIpc) is 2.44. The van der Waals surface area contributed by atoms with E-state index in [1.807, 2.05) is 0 Å². The highest BCUT2D eigenvalue weighted by Crippen LogP contribution is 2.28. The van der Waals surface area contributed by atoms with Gasteiger partial charge in [0.25, 0.3) is 17.5 Å². The van der Waals surface area contributed by atoms with Crippen LogP contribution in [0.1, 0.15) is 20.7 Å². The molecule has 1 aromatic carbocycles. The van der Waals surface area contributed by atoms with Crippen molar-refractivity contribution in [2.45, 2.75) is 0 Å². The Hall–Kier alpha value is -2.28. The summed E-state index contributed by atoms with van der Waals surface area (Å²) in [5, 5.41) is 11.0. The van der Waals surface area contributed by atoms with E-state index in [9.17, 15) is 19.7 Å². The van der Waals surface area contributed by atoms with Crippen molar-refractivity contribution in [3.05, 3.63) is 39.4 Å². The van der Waals surface area contributed by atoms with E-state index in [0.717, 1.165) is 6.07 Å². The van der Waals surface area contributed by atoms with E-state index in [1.165, 1.54) is 12.1 Å². The van der Waals surface area contributed by atoms with Crippen LogP contribution in [-0.2, 0) is 0 Å². The van der Waals surface area contributed by atoms with Crippen molar-refractivity contribution in [3.8, 4) is 0 Å².